The van der Waals surface area contributed by atoms with Gasteiger partial charge in [0.05, 0.1) is 5.69 Å². The van der Waals surface area contributed by atoms with E-state index in [0.717, 1.165) is 41.7 Å². The lowest BCUT2D eigenvalue weighted by Gasteiger charge is -2.34. The number of fused-ring (bicyclic) bond motifs is 1. The third kappa shape index (κ3) is 3.07. The van der Waals surface area contributed by atoms with Crippen LogP contribution in [0, 0.1) is 11.8 Å². The molecule has 2 atom stereocenters. The number of hydrogen-bond acceptors (Lipinski definition) is 3. The molecule has 5 heteroatoms. The normalized spacial score (nSPS) is 26.8. The molecule has 0 bridgehead atoms. The van der Waals surface area contributed by atoms with Crippen LogP contribution in [0.3, 0.4) is 0 Å². The van der Waals surface area contributed by atoms with Crippen molar-refractivity contribution in [2.24, 2.45) is 11.8 Å². The number of piperidine rings is 1. The van der Waals surface area contributed by atoms with E-state index in [0.29, 0.717) is 0 Å². The second-order valence-corrected chi connectivity index (χ2v) is 7.52. The molecular weight excluding hydrogens is 342 g/mol. The van der Waals surface area contributed by atoms with E-state index < -0.39 is 0 Å². The highest BCUT2D eigenvalue weighted by Gasteiger charge is 2.29. The van der Waals surface area contributed by atoms with Gasteiger partial charge in [0.1, 0.15) is 5.65 Å². The Balaban J connectivity index is 1.44. The molecule has 2 unspecified atom stereocenters. The third-order valence-corrected chi connectivity index (χ3v) is 5.52. The Morgan fingerprint density at radius 2 is 2.27 bits per heavy atom. The molecule has 2 fully saturated rings. The summed E-state index contributed by atoms with van der Waals surface area (Å²) in [5.74, 6) is 1.59. The van der Waals surface area contributed by atoms with Gasteiger partial charge in [0.25, 0.3) is 0 Å². The minimum Gasteiger partial charge on any atom is -0.381 e. The maximum atomic E-state index is 5.58. The largest absolute Gasteiger partial charge is 0.381 e. The summed E-state index contributed by atoms with van der Waals surface area (Å²) >= 11 is 3.51. The Labute approximate surface area is 139 Å². The van der Waals surface area contributed by atoms with E-state index in [1.165, 1.54) is 38.0 Å². The molecule has 0 spiro atoms. The van der Waals surface area contributed by atoms with Crippen molar-refractivity contribution >= 4 is 21.6 Å². The molecule has 0 radical (unpaired) electrons. The van der Waals surface area contributed by atoms with Crippen molar-refractivity contribution in [2.75, 3.05) is 26.3 Å². The monoisotopic (exact) mass is 363 g/mol. The summed E-state index contributed by atoms with van der Waals surface area (Å²) < 4.78 is 8.76. The molecule has 4 nitrogen and oxygen atoms in total. The number of ether oxygens (including phenoxy) is 1. The Hall–Kier alpha value is -0.910. The molecule has 0 aliphatic carbocycles. The van der Waals surface area contributed by atoms with Gasteiger partial charge < -0.3 is 9.14 Å². The summed E-state index contributed by atoms with van der Waals surface area (Å²) in [7, 11) is 0. The summed E-state index contributed by atoms with van der Waals surface area (Å²) in [6, 6.07) is 4.12. The smallest absolute Gasteiger partial charge is 0.138 e. The predicted molar refractivity (Wildman–Crippen MR) is 89.8 cm³/mol. The zero-order chi connectivity index (χ0) is 14.9. The fourth-order valence-electron chi connectivity index (χ4n) is 3.86. The Morgan fingerprint density at radius 3 is 3.14 bits per heavy atom. The Kier molecular flexibility index (Phi) is 4.20. The van der Waals surface area contributed by atoms with Gasteiger partial charge in [0.2, 0.25) is 0 Å². The predicted octanol–water partition coefficient (Wildman–Crippen LogP) is 3.35. The zero-order valence-electron chi connectivity index (χ0n) is 12.7. The van der Waals surface area contributed by atoms with Crippen LogP contribution in [0.15, 0.2) is 29.0 Å². The number of imidazole rings is 1. The minimum absolute atomic E-state index is 0.778. The van der Waals surface area contributed by atoms with Crippen LogP contribution in [0.4, 0.5) is 0 Å². The van der Waals surface area contributed by atoms with Crippen LogP contribution < -0.4 is 0 Å². The zero-order valence-corrected chi connectivity index (χ0v) is 14.3. The van der Waals surface area contributed by atoms with Crippen molar-refractivity contribution in [1.82, 2.24) is 14.3 Å². The summed E-state index contributed by atoms with van der Waals surface area (Å²) in [6.45, 7) is 5.29. The average molecular weight is 364 g/mol. The standard InChI is InChI=1S/C17H22BrN3O/c18-15-3-6-21-11-16(19-17(21)8-15)10-20-5-1-2-13(9-20)14-4-7-22-12-14/h3,6,8,11,13-14H,1-2,4-5,7,9-10,12H2. The maximum absolute atomic E-state index is 5.58. The van der Waals surface area contributed by atoms with E-state index in [2.05, 4.69) is 49.8 Å². The van der Waals surface area contributed by atoms with Crippen LogP contribution >= 0.6 is 15.9 Å². The van der Waals surface area contributed by atoms with Gasteiger partial charge in [-0.3, -0.25) is 4.90 Å². The summed E-state index contributed by atoms with van der Waals surface area (Å²) in [6.07, 6.45) is 8.14. The summed E-state index contributed by atoms with van der Waals surface area (Å²) in [5, 5.41) is 0. The molecule has 2 saturated heterocycles. The highest BCUT2D eigenvalue weighted by atomic mass is 79.9. The summed E-state index contributed by atoms with van der Waals surface area (Å²) in [5.41, 5.74) is 2.18. The third-order valence-electron chi connectivity index (χ3n) is 5.03. The fourth-order valence-corrected chi connectivity index (χ4v) is 4.18. The highest BCUT2D eigenvalue weighted by molar-refractivity contribution is 9.10. The second-order valence-electron chi connectivity index (χ2n) is 6.60. The lowest BCUT2D eigenvalue weighted by atomic mass is 9.85. The second kappa shape index (κ2) is 6.30. The molecule has 0 saturated carbocycles. The van der Waals surface area contributed by atoms with Crippen molar-refractivity contribution in [3.63, 3.8) is 0 Å². The highest BCUT2D eigenvalue weighted by Crippen LogP contribution is 2.30. The van der Waals surface area contributed by atoms with Crippen LogP contribution in [0.25, 0.3) is 5.65 Å². The van der Waals surface area contributed by atoms with Gasteiger partial charge in [-0.05, 0) is 49.8 Å². The van der Waals surface area contributed by atoms with Crippen LogP contribution in [-0.2, 0) is 11.3 Å². The molecule has 0 N–H and O–H groups in total. The number of hydrogen-bond donors (Lipinski definition) is 0. The van der Waals surface area contributed by atoms with Crippen molar-refractivity contribution in [3.05, 3.63) is 34.7 Å². The number of aromatic nitrogens is 2. The average Bonchev–Trinajstić information content (AvgIpc) is 3.16. The lowest BCUT2D eigenvalue weighted by molar-refractivity contribution is 0.111. The molecule has 2 aliphatic heterocycles. The summed E-state index contributed by atoms with van der Waals surface area (Å²) in [4.78, 5) is 7.33. The molecule has 4 rings (SSSR count). The fraction of sp³-hybridized carbons (Fsp3) is 0.588. The maximum Gasteiger partial charge on any atom is 0.138 e. The quantitative estimate of drug-likeness (QED) is 0.837. The minimum atomic E-state index is 0.778. The van der Waals surface area contributed by atoms with Gasteiger partial charge in [-0.1, -0.05) is 15.9 Å². The van der Waals surface area contributed by atoms with Crippen LogP contribution in [0.1, 0.15) is 25.0 Å². The van der Waals surface area contributed by atoms with Crippen molar-refractivity contribution in [2.45, 2.75) is 25.8 Å². The first-order valence-corrected chi connectivity index (χ1v) is 9.00. The molecule has 0 amide bonds. The molecule has 0 aromatic carbocycles. The molecule has 22 heavy (non-hydrogen) atoms. The Bertz CT molecular complexity index is 650. The first-order valence-electron chi connectivity index (χ1n) is 8.21. The van der Waals surface area contributed by atoms with Crippen LogP contribution in [0.2, 0.25) is 0 Å². The SMILES string of the molecule is Brc1ccn2cc(CN3CCCC(C4CCOC4)C3)nc2c1. The van der Waals surface area contributed by atoms with Gasteiger partial charge in [-0.15, -0.1) is 0 Å². The molecule has 118 valence electrons. The number of likely N-dealkylation sites (tertiary alicyclic amines) is 1. The molecule has 2 aliphatic rings. The number of pyridine rings is 1. The molecule has 2 aromatic heterocycles. The van der Waals surface area contributed by atoms with E-state index in [-0.39, 0.29) is 0 Å². The number of halogens is 1. The first kappa shape index (κ1) is 14.7. The van der Waals surface area contributed by atoms with Gasteiger partial charge in [0, 0.05) is 43.2 Å². The number of nitrogens with zero attached hydrogens (tertiary/aromatic N) is 3. The van der Waals surface area contributed by atoms with E-state index in [9.17, 15) is 0 Å². The Morgan fingerprint density at radius 1 is 1.32 bits per heavy atom. The van der Waals surface area contributed by atoms with Crippen LogP contribution in [-0.4, -0.2) is 40.6 Å². The van der Waals surface area contributed by atoms with Crippen molar-refractivity contribution in [1.29, 1.82) is 0 Å². The van der Waals surface area contributed by atoms with E-state index >= 15 is 0 Å². The van der Waals surface area contributed by atoms with Crippen molar-refractivity contribution in [3.8, 4) is 0 Å². The molecule has 2 aromatic rings. The van der Waals surface area contributed by atoms with Gasteiger partial charge in [-0.25, -0.2) is 4.98 Å². The number of rotatable bonds is 3. The van der Waals surface area contributed by atoms with Crippen LogP contribution in [0.5, 0.6) is 0 Å². The molecule has 4 heterocycles. The van der Waals surface area contributed by atoms with Crippen molar-refractivity contribution < 1.29 is 4.74 Å². The van der Waals surface area contributed by atoms with E-state index in [4.69, 9.17) is 9.72 Å². The van der Waals surface area contributed by atoms with E-state index in [1.54, 1.807) is 0 Å². The van der Waals surface area contributed by atoms with Gasteiger partial charge in [0.15, 0.2) is 0 Å². The first-order chi connectivity index (χ1) is 10.8. The lowest BCUT2D eigenvalue weighted by Crippen LogP contribution is -2.38. The van der Waals surface area contributed by atoms with Gasteiger partial charge >= 0.3 is 0 Å². The topological polar surface area (TPSA) is 29.8 Å². The van der Waals surface area contributed by atoms with Gasteiger partial charge in [-0.2, -0.15) is 0 Å². The molecular formula is C17H22BrN3O. The van der Waals surface area contributed by atoms with E-state index in [1.807, 2.05) is 0 Å².